The quantitative estimate of drug-likeness (QED) is 0.519. The first-order valence-electron chi connectivity index (χ1n) is 9.87. The second-order valence-corrected chi connectivity index (χ2v) is 6.96. The van der Waals surface area contributed by atoms with Crippen LogP contribution >= 0.6 is 0 Å². The first-order chi connectivity index (χ1) is 14.7. The number of pyridine rings is 1. The van der Waals surface area contributed by atoms with E-state index in [-0.39, 0.29) is 5.91 Å². The number of aromatic nitrogens is 3. The summed E-state index contributed by atoms with van der Waals surface area (Å²) in [6.07, 6.45) is 3.45. The van der Waals surface area contributed by atoms with Crippen molar-refractivity contribution in [2.24, 2.45) is 0 Å². The fraction of sp³-hybridized carbons (Fsp3) is 0.167. The Bertz CT molecular complexity index is 1190. The third-order valence-corrected chi connectivity index (χ3v) is 4.96. The molecule has 0 aliphatic carbocycles. The van der Waals surface area contributed by atoms with Gasteiger partial charge in [0, 0.05) is 31.3 Å². The van der Waals surface area contributed by atoms with Gasteiger partial charge in [-0.1, -0.05) is 30.3 Å². The summed E-state index contributed by atoms with van der Waals surface area (Å²) in [4.78, 5) is 21.6. The number of nitrogens with zero attached hydrogens (tertiary/aromatic N) is 4. The molecule has 0 aliphatic heterocycles. The molecular weight excluding hydrogens is 374 g/mol. The number of carbonyl (C=O) groups excluding carboxylic acids is 1. The van der Waals surface area contributed by atoms with Gasteiger partial charge in [-0.25, -0.2) is 9.97 Å². The van der Waals surface area contributed by atoms with E-state index >= 15 is 0 Å². The Morgan fingerprint density at radius 2 is 1.80 bits per heavy atom. The maximum Gasteiger partial charge on any atom is 0.251 e. The molecule has 0 spiro atoms. The molecule has 0 radical (unpaired) electrons. The monoisotopic (exact) mass is 395 g/mol. The molecule has 0 saturated carbocycles. The van der Waals surface area contributed by atoms with Gasteiger partial charge < -0.3 is 9.88 Å². The molecule has 0 saturated heterocycles. The number of carbonyl (C=O) groups is 1. The summed E-state index contributed by atoms with van der Waals surface area (Å²) in [6.45, 7) is 1.04. The molecule has 2 heterocycles. The van der Waals surface area contributed by atoms with Crippen LogP contribution in [0.15, 0.2) is 72.9 Å². The van der Waals surface area contributed by atoms with Gasteiger partial charge in [0.15, 0.2) is 5.65 Å². The van der Waals surface area contributed by atoms with Crippen LogP contribution in [-0.2, 0) is 19.4 Å². The van der Waals surface area contributed by atoms with Crippen LogP contribution in [0.3, 0.4) is 0 Å². The Balaban J connectivity index is 1.45. The van der Waals surface area contributed by atoms with E-state index in [1.54, 1.807) is 30.5 Å². The fourth-order valence-electron chi connectivity index (χ4n) is 3.41. The number of hydrogen-bond donors (Lipinski definition) is 1. The summed E-state index contributed by atoms with van der Waals surface area (Å²) in [7, 11) is 0. The van der Waals surface area contributed by atoms with Crippen LogP contribution in [0.2, 0.25) is 0 Å². The van der Waals surface area contributed by atoms with Gasteiger partial charge in [0.25, 0.3) is 5.91 Å². The van der Waals surface area contributed by atoms with Crippen LogP contribution in [0.1, 0.15) is 27.3 Å². The maximum atomic E-state index is 12.4. The Morgan fingerprint density at radius 1 is 1.00 bits per heavy atom. The molecule has 6 heteroatoms. The van der Waals surface area contributed by atoms with Crippen molar-refractivity contribution in [3.8, 4) is 6.07 Å². The minimum absolute atomic E-state index is 0.164. The molecule has 0 atom stereocenters. The number of amides is 1. The van der Waals surface area contributed by atoms with E-state index in [2.05, 4.69) is 33.1 Å². The number of hydrogen-bond acceptors (Lipinski definition) is 4. The SMILES string of the molecule is N#Cc1ccc(C(=O)NCCn2c(CCc3ccccc3)nc3cccnc32)cc1. The summed E-state index contributed by atoms with van der Waals surface area (Å²) in [5.74, 6) is 0.794. The Labute approximate surface area is 174 Å². The van der Waals surface area contributed by atoms with Crippen molar-refractivity contribution < 1.29 is 4.79 Å². The molecule has 2 aromatic carbocycles. The lowest BCUT2D eigenvalue weighted by Gasteiger charge is -2.10. The van der Waals surface area contributed by atoms with E-state index < -0.39 is 0 Å². The zero-order chi connectivity index (χ0) is 20.8. The van der Waals surface area contributed by atoms with Crippen molar-refractivity contribution in [1.29, 1.82) is 5.26 Å². The molecular formula is C24H21N5O. The lowest BCUT2D eigenvalue weighted by molar-refractivity contribution is 0.0952. The minimum Gasteiger partial charge on any atom is -0.350 e. The van der Waals surface area contributed by atoms with E-state index in [4.69, 9.17) is 10.2 Å². The van der Waals surface area contributed by atoms with Crippen molar-refractivity contribution in [1.82, 2.24) is 19.9 Å². The predicted molar refractivity (Wildman–Crippen MR) is 115 cm³/mol. The maximum absolute atomic E-state index is 12.4. The van der Waals surface area contributed by atoms with Gasteiger partial charge in [-0.15, -0.1) is 0 Å². The van der Waals surface area contributed by atoms with Crippen LogP contribution < -0.4 is 5.32 Å². The normalized spacial score (nSPS) is 10.6. The van der Waals surface area contributed by atoms with Crippen molar-refractivity contribution in [3.05, 3.63) is 95.4 Å². The molecule has 0 bridgehead atoms. The first kappa shape index (κ1) is 19.3. The van der Waals surface area contributed by atoms with Crippen LogP contribution in [0.4, 0.5) is 0 Å². The van der Waals surface area contributed by atoms with Crippen LogP contribution in [0.25, 0.3) is 11.2 Å². The lowest BCUT2D eigenvalue weighted by atomic mass is 10.1. The van der Waals surface area contributed by atoms with Crippen molar-refractivity contribution in [3.63, 3.8) is 0 Å². The Hall–Kier alpha value is -3.98. The fourth-order valence-corrected chi connectivity index (χ4v) is 3.41. The van der Waals surface area contributed by atoms with Crippen molar-refractivity contribution >= 4 is 17.1 Å². The van der Waals surface area contributed by atoms with Gasteiger partial charge in [-0.3, -0.25) is 4.79 Å². The highest BCUT2D eigenvalue weighted by molar-refractivity contribution is 5.94. The molecule has 2 aromatic heterocycles. The lowest BCUT2D eigenvalue weighted by Crippen LogP contribution is -2.27. The standard InChI is InChI=1S/C24H21N5O/c25-17-19-8-11-20(12-9-19)24(30)27-15-16-29-22(13-10-18-5-2-1-3-6-18)28-21-7-4-14-26-23(21)29/h1-9,11-12,14H,10,13,15-16H2,(H,27,30). The first-order valence-corrected chi connectivity index (χ1v) is 9.87. The number of aryl methyl sites for hydroxylation is 2. The van der Waals surface area contributed by atoms with Crippen LogP contribution in [0, 0.1) is 11.3 Å². The summed E-state index contributed by atoms with van der Waals surface area (Å²) in [5, 5.41) is 11.8. The second-order valence-electron chi connectivity index (χ2n) is 6.96. The minimum atomic E-state index is -0.164. The van der Waals surface area contributed by atoms with Crippen molar-refractivity contribution in [2.75, 3.05) is 6.54 Å². The highest BCUT2D eigenvalue weighted by Gasteiger charge is 2.12. The highest BCUT2D eigenvalue weighted by atomic mass is 16.1. The van der Waals surface area contributed by atoms with E-state index in [1.165, 1.54) is 5.56 Å². The van der Waals surface area contributed by atoms with E-state index in [9.17, 15) is 4.79 Å². The topological polar surface area (TPSA) is 83.6 Å². The molecule has 30 heavy (non-hydrogen) atoms. The number of rotatable bonds is 7. The van der Waals surface area contributed by atoms with Gasteiger partial charge in [-0.2, -0.15) is 5.26 Å². The Morgan fingerprint density at radius 3 is 2.57 bits per heavy atom. The number of benzene rings is 2. The number of nitrogens with one attached hydrogen (secondary N) is 1. The average molecular weight is 395 g/mol. The van der Waals surface area contributed by atoms with Gasteiger partial charge >= 0.3 is 0 Å². The number of imidazole rings is 1. The van der Waals surface area contributed by atoms with E-state index in [1.807, 2.05) is 30.3 Å². The van der Waals surface area contributed by atoms with Crippen LogP contribution in [-0.4, -0.2) is 27.0 Å². The molecule has 0 unspecified atom stereocenters. The summed E-state index contributed by atoms with van der Waals surface area (Å²) in [6, 6.07) is 22.8. The number of nitriles is 1. The van der Waals surface area contributed by atoms with Gasteiger partial charge in [0.05, 0.1) is 11.6 Å². The van der Waals surface area contributed by atoms with Crippen molar-refractivity contribution in [2.45, 2.75) is 19.4 Å². The molecule has 6 nitrogen and oxygen atoms in total. The molecule has 0 fully saturated rings. The molecule has 0 aliphatic rings. The molecule has 4 aromatic rings. The largest absolute Gasteiger partial charge is 0.350 e. The average Bonchev–Trinajstić information content (AvgIpc) is 3.16. The van der Waals surface area contributed by atoms with Gasteiger partial charge in [0.1, 0.15) is 11.3 Å². The molecule has 1 amide bonds. The third-order valence-electron chi connectivity index (χ3n) is 4.96. The molecule has 4 rings (SSSR count). The third kappa shape index (κ3) is 4.36. The zero-order valence-corrected chi connectivity index (χ0v) is 16.5. The van der Waals surface area contributed by atoms with E-state index in [0.717, 1.165) is 29.8 Å². The van der Waals surface area contributed by atoms with Gasteiger partial charge in [0.2, 0.25) is 0 Å². The number of fused-ring (bicyclic) bond motifs is 1. The summed E-state index contributed by atoms with van der Waals surface area (Å²) < 4.78 is 2.08. The second kappa shape index (κ2) is 9.01. The molecule has 148 valence electrons. The summed E-state index contributed by atoms with van der Waals surface area (Å²) >= 11 is 0. The van der Waals surface area contributed by atoms with Gasteiger partial charge in [-0.05, 0) is 48.4 Å². The summed E-state index contributed by atoms with van der Waals surface area (Å²) in [5.41, 5.74) is 4.02. The highest BCUT2D eigenvalue weighted by Crippen LogP contribution is 2.15. The van der Waals surface area contributed by atoms with E-state index in [0.29, 0.717) is 24.2 Å². The predicted octanol–water partition coefficient (Wildman–Crippen LogP) is 3.52. The molecule has 1 N–H and O–H groups in total. The Kier molecular flexibility index (Phi) is 5.81. The smallest absolute Gasteiger partial charge is 0.251 e. The van der Waals surface area contributed by atoms with Crippen LogP contribution in [0.5, 0.6) is 0 Å². The zero-order valence-electron chi connectivity index (χ0n) is 16.5.